The Balaban J connectivity index is 1.41. The van der Waals surface area contributed by atoms with Gasteiger partial charge in [-0.1, -0.05) is 54.6 Å². The van der Waals surface area contributed by atoms with Crippen LogP contribution in [0.4, 0.5) is 11.4 Å². The highest BCUT2D eigenvalue weighted by Gasteiger charge is 2.36. The van der Waals surface area contributed by atoms with E-state index in [-0.39, 0.29) is 30.5 Å². The second kappa shape index (κ2) is 10.2. The summed E-state index contributed by atoms with van der Waals surface area (Å²) >= 11 is 1.39. The molecule has 0 aliphatic carbocycles. The number of nitro benzene ring substituents is 1. The van der Waals surface area contributed by atoms with E-state index < -0.39 is 10.8 Å². The number of benzene rings is 3. The molecule has 0 bridgehead atoms. The van der Waals surface area contributed by atoms with Crippen molar-refractivity contribution in [2.24, 2.45) is 11.0 Å². The van der Waals surface area contributed by atoms with Gasteiger partial charge in [-0.25, -0.2) is 5.43 Å². The van der Waals surface area contributed by atoms with Gasteiger partial charge >= 0.3 is 0 Å². The number of aryl methyl sites for hydroxylation is 1. The molecule has 2 amide bonds. The van der Waals surface area contributed by atoms with Crippen LogP contribution in [0.3, 0.4) is 0 Å². The highest BCUT2D eigenvalue weighted by Crippen LogP contribution is 2.31. The summed E-state index contributed by atoms with van der Waals surface area (Å²) in [6, 6.07) is 24.0. The predicted molar refractivity (Wildman–Crippen MR) is 141 cm³/mol. The maximum absolute atomic E-state index is 13.0. The Morgan fingerprint density at radius 3 is 2.49 bits per heavy atom. The van der Waals surface area contributed by atoms with Crippen molar-refractivity contribution in [2.75, 3.05) is 11.4 Å². The number of carbonyl (C=O) groups is 2. The molecule has 4 aromatic rings. The fraction of sp³-hybridized carbons (Fsp3) is 0.148. The number of aromatic nitrogens is 1. The SMILES string of the molecule is Cc1ccc([N+](=O)[O-])cc1N1CC(C(=O)NN=c2scc(-c3ccccc3)n2-c2ccccc2)CC1=O. The fourth-order valence-electron chi connectivity index (χ4n) is 4.34. The number of rotatable bonds is 6. The molecule has 1 fully saturated rings. The molecule has 186 valence electrons. The molecule has 1 saturated heterocycles. The zero-order valence-corrected chi connectivity index (χ0v) is 20.7. The van der Waals surface area contributed by atoms with Crippen molar-refractivity contribution >= 4 is 34.5 Å². The number of hydrogen-bond acceptors (Lipinski definition) is 6. The van der Waals surface area contributed by atoms with Gasteiger partial charge in [-0.2, -0.15) is 0 Å². The molecule has 0 radical (unpaired) electrons. The molecule has 1 unspecified atom stereocenters. The average Bonchev–Trinajstić information content (AvgIpc) is 3.52. The third-order valence-electron chi connectivity index (χ3n) is 6.24. The van der Waals surface area contributed by atoms with E-state index in [0.29, 0.717) is 10.5 Å². The van der Waals surface area contributed by atoms with Crippen molar-refractivity contribution in [3.05, 3.63) is 105 Å². The largest absolute Gasteiger partial charge is 0.311 e. The summed E-state index contributed by atoms with van der Waals surface area (Å²) < 4.78 is 1.97. The number of nitrogens with zero attached hydrogens (tertiary/aromatic N) is 4. The molecule has 0 saturated carbocycles. The molecule has 1 aromatic heterocycles. The fourth-order valence-corrected chi connectivity index (χ4v) is 5.20. The van der Waals surface area contributed by atoms with Crippen LogP contribution in [-0.2, 0) is 9.59 Å². The number of non-ortho nitro benzene ring substituents is 1. The summed E-state index contributed by atoms with van der Waals surface area (Å²) in [6.07, 6.45) is 0.00186. The van der Waals surface area contributed by atoms with Gasteiger partial charge in [0.25, 0.3) is 5.69 Å². The van der Waals surface area contributed by atoms with E-state index in [0.717, 1.165) is 22.5 Å². The van der Waals surface area contributed by atoms with Crippen LogP contribution in [0.2, 0.25) is 0 Å². The molecule has 0 spiro atoms. The molecule has 2 heterocycles. The van der Waals surface area contributed by atoms with E-state index in [1.165, 1.54) is 28.4 Å². The minimum Gasteiger partial charge on any atom is -0.311 e. The lowest BCUT2D eigenvalue weighted by molar-refractivity contribution is -0.384. The normalized spacial score (nSPS) is 15.7. The first-order valence-electron chi connectivity index (χ1n) is 11.6. The number of carbonyl (C=O) groups excluding carboxylic acids is 2. The van der Waals surface area contributed by atoms with Gasteiger partial charge in [-0.3, -0.25) is 24.3 Å². The van der Waals surface area contributed by atoms with Gasteiger partial charge < -0.3 is 4.90 Å². The number of nitrogens with one attached hydrogen (secondary N) is 1. The molecule has 1 N–H and O–H groups in total. The van der Waals surface area contributed by atoms with Crippen LogP contribution in [0.25, 0.3) is 16.9 Å². The minimum atomic E-state index is -0.631. The van der Waals surface area contributed by atoms with Crippen LogP contribution in [0.15, 0.2) is 89.3 Å². The van der Waals surface area contributed by atoms with Gasteiger partial charge in [-0.05, 0) is 30.2 Å². The van der Waals surface area contributed by atoms with Crippen LogP contribution in [0, 0.1) is 23.0 Å². The van der Waals surface area contributed by atoms with Crippen LogP contribution in [0.1, 0.15) is 12.0 Å². The first kappa shape index (κ1) is 24.1. The summed E-state index contributed by atoms with van der Waals surface area (Å²) in [7, 11) is 0. The average molecular weight is 514 g/mol. The van der Waals surface area contributed by atoms with E-state index in [1.54, 1.807) is 13.0 Å². The van der Waals surface area contributed by atoms with Crippen LogP contribution < -0.4 is 15.1 Å². The lowest BCUT2D eigenvalue weighted by Gasteiger charge is -2.18. The number of amides is 2. The van der Waals surface area contributed by atoms with Crippen molar-refractivity contribution in [1.29, 1.82) is 0 Å². The van der Waals surface area contributed by atoms with E-state index in [4.69, 9.17) is 0 Å². The van der Waals surface area contributed by atoms with E-state index in [9.17, 15) is 19.7 Å². The van der Waals surface area contributed by atoms with Gasteiger partial charge in [0, 0.05) is 36.2 Å². The second-order valence-electron chi connectivity index (χ2n) is 8.66. The molecule has 1 aliphatic rings. The summed E-state index contributed by atoms with van der Waals surface area (Å²) in [5.74, 6) is -1.27. The zero-order chi connectivity index (χ0) is 25.9. The molecule has 10 heteroatoms. The summed E-state index contributed by atoms with van der Waals surface area (Å²) in [4.78, 5) is 38.5. The minimum absolute atomic E-state index is 0.00186. The van der Waals surface area contributed by atoms with Crippen molar-refractivity contribution in [3.63, 3.8) is 0 Å². The Morgan fingerprint density at radius 2 is 1.78 bits per heavy atom. The lowest BCUT2D eigenvalue weighted by Crippen LogP contribution is -2.32. The van der Waals surface area contributed by atoms with Crippen molar-refractivity contribution in [3.8, 4) is 16.9 Å². The van der Waals surface area contributed by atoms with Gasteiger partial charge in [0.2, 0.25) is 16.6 Å². The first-order valence-corrected chi connectivity index (χ1v) is 12.5. The van der Waals surface area contributed by atoms with Gasteiger partial charge in [0.15, 0.2) is 0 Å². The summed E-state index contributed by atoms with van der Waals surface area (Å²) in [5.41, 5.74) is 6.56. The molecule has 37 heavy (non-hydrogen) atoms. The summed E-state index contributed by atoms with van der Waals surface area (Å²) in [6.45, 7) is 1.90. The van der Waals surface area contributed by atoms with E-state index >= 15 is 0 Å². The van der Waals surface area contributed by atoms with Crippen molar-refractivity contribution < 1.29 is 14.5 Å². The second-order valence-corrected chi connectivity index (χ2v) is 9.50. The number of nitro groups is 1. The Bertz CT molecular complexity index is 1550. The molecular weight excluding hydrogens is 490 g/mol. The standard InChI is InChI=1S/C27H23N5O4S/c1-18-12-13-22(32(35)36)15-23(18)30-16-20(14-25(30)33)26(34)28-29-27-31(21-10-6-3-7-11-21)24(17-37-27)19-8-4-2-5-9-19/h2-13,15,17,20H,14,16H2,1H3,(H,28,34). The molecular formula is C27H23N5O4S. The van der Waals surface area contributed by atoms with Crippen LogP contribution in [-0.4, -0.2) is 27.8 Å². The van der Waals surface area contributed by atoms with Crippen LogP contribution in [0.5, 0.6) is 0 Å². The third kappa shape index (κ3) is 4.91. The molecule has 3 aromatic carbocycles. The Hall–Kier alpha value is -4.57. The van der Waals surface area contributed by atoms with Crippen molar-refractivity contribution in [2.45, 2.75) is 13.3 Å². The third-order valence-corrected chi connectivity index (χ3v) is 7.07. The number of para-hydroxylation sites is 1. The predicted octanol–water partition coefficient (Wildman–Crippen LogP) is 4.41. The van der Waals surface area contributed by atoms with E-state index in [1.807, 2.05) is 70.6 Å². The van der Waals surface area contributed by atoms with Gasteiger partial charge in [0.05, 0.1) is 22.2 Å². The van der Waals surface area contributed by atoms with Crippen molar-refractivity contribution in [1.82, 2.24) is 9.99 Å². The van der Waals surface area contributed by atoms with Gasteiger partial charge in [0.1, 0.15) is 0 Å². The maximum Gasteiger partial charge on any atom is 0.271 e. The van der Waals surface area contributed by atoms with Gasteiger partial charge in [-0.15, -0.1) is 16.4 Å². The number of anilines is 1. The monoisotopic (exact) mass is 513 g/mol. The Kier molecular flexibility index (Phi) is 6.65. The quantitative estimate of drug-likeness (QED) is 0.304. The first-order chi connectivity index (χ1) is 17.9. The topological polar surface area (TPSA) is 110 Å². The summed E-state index contributed by atoms with van der Waals surface area (Å²) in [5, 5.41) is 17.6. The van der Waals surface area contributed by atoms with Crippen LogP contribution >= 0.6 is 11.3 Å². The number of thiazole rings is 1. The molecule has 5 rings (SSSR count). The zero-order valence-electron chi connectivity index (χ0n) is 19.9. The molecule has 1 aliphatic heterocycles. The lowest BCUT2D eigenvalue weighted by atomic mass is 10.1. The Labute approximate surface area is 216 Å². The smallest absolute Gasteiger partial charge is 0.271 e. The highest BCUT2D eigenvalue weighted by molar-refractivity contribution is 7.07. The highest BCUT2D eigenvalue weighted by atomic mass is 32.1. The number of hydrogen-bond donors (Lipinski definition) is 1. The molecule has 9 nitrogen and oxygen atoms in total. The molecule has 1 atom stereocenters. The maximum atomic E-state index is 13.0. The Morgan fingerprint density at radius 1 is 1.08 bits per heavy atom. The van der Waals surface area contributed by atoms with E-state index in [2.05, 4.69) is 10.5 Å².